The van der Waals surface area contributed by atoms with E-state index in [1.54, 1.807) is 19.0 Å². The molecular formula is C10H21N3O. The van der Waals surface area contributed by atoms with Crippen LogP contribution >= 0.6 is 0 Å². The Morgan fingerprint density at radius 1 is 1.43 bits per heavy atom. The van der Waals surface area contributed by atoms with Crippen LogP contribution in [0.25, 0.3) is 0 Å². The minimum absolute atomic E-state index is 0.155. The zero-order valence-electron chi connectivity index (χ0n) is 9.18. The third-order valence-electron chi connectivity index (χ3n) is 2.62. The van der Waals surface area contributed by atoms with E-state index in [9.17, 15) is 4.79 Å². The van der Waals surface area contributed by atoms with E-state index in [0.717, 1.165) is 19.5 Å². The molecule has 0 aromatic heterocycles. The van der Waals surface area contributed by atoms with E-state index in [1.165, 1.54) is 12.8 Å². The van der Waals surface area contributed by atoms with Crippen molar-refractivity contribution in [1.29, 1.82) is 0 Å². The van der Waals surface area contributed by atoms with Gasteiger partial charge in [0.15, 0.2) is 0 Å². The summed E-state index contributed by atoms with van der Waals surface area (Å²) in [5, 5.41) is 6.66. The lowest BCUT2D eigenvalue weighted by atomic mass is 10.1. The maximum absolute atomic E-state index is 11.3. The fraction of sp³-hybridized carbons (Fsp3) is 0.900. The Morgan fingerprint density at radius 3 is 2.93 bits per heavy atom. The van der Waals surface area contributed by atoms with Crippen molar-refractivity contribution in [3.05, 3.63) is 0 Å². The quantitative estimate of drug-likeness (QED) is 0.662. The number of nitrogens with one attached hydrogen (secondary N) is 2. The summed E-state index contributed by atoms with van der Waals surface area (Å²) in [5.74, 6) is 0.155. The predicted molar refractivity (Wildman–Crippen MR) is 57.2 cm³/mol. The molecule has 1 amide bonds. The number of rotatable bonds is 3. The molecular weight excluding hydrogens is 178 g/mol. The highest BCUT2D eigenvalue weighted by Gasteiger charge is 2.12. The molecule has 0 aromatic rings. The standard InChI is InChI=1S/C10H21N3O/c1-13(2)10(14)8-12-9-4-3-6-11-7-5-9/h9,11-12H,3-8H2,1-2H3. The van der Waals surface area contributed by atoms with Crippen LogP contribution in [0.15, 0.2) is 0 Å². The minimum atomic E-state index is 0.155. The topological polar surface area (TPSA) is 44.4 Å². The van der Waals surface area contributed by atoms with Crippen LogP contribution in [0.4, 0.5) is 0 Å². The van der Waals surface area contributed by atoms with E-state index in [4.69, 9.17) is 0 Å². The molecule has 4 heteroatoms. The van der Waals surface area contributed by atoms with Gasteiger partial charge in [-0.25, -0.2) is 0 Å². The lowest BCUT2D eigenvalue weighted by Gasteiger charge is -2.17. The number of carbonyl (C=O) groups excluding carboxylic acids is 1. The molecule has 1 heterocycles. The van der Waals surface area contributed by atoms with Crippen molar-refractivity contribution in [2.45, 2.75) is 25.3 Å². The summed E-state index contributed by atoms with van der Waals surface area (Å²) >= 11 is 0. The van der Waals surface area contributed by atoms with E-state index in [-0.39, 0.29) is 5.91 Å². The van der Waals surface area contributed by atoms with Crippen molar-refractivity contribution in [2.75, 3.05) is 33.7 Å². The molecule has 1 unspecified atom stereocenters. The first-order valence-corrected chi connectivity index (χ1v) is 5.34. The summed E-state index contributed by atoms with van der Waals surface area (Å²) in [4.78, 5) is 12.9. The molecule has 0 radical (unpaired) electrons. The highest BCUT2D eigenvalue weighted by Crippen LogP contribution is 2.04. The molecule has 0 aliphatic carbocycles. The van der Waals surface area contributed by atoms with Crippen LogP contribution < -0.4 is 10.6 Å². The second kappa shape index (κ2) is 5.98. The first-order chi connectivity index (χ1) is 6.70. The van der Waals surface area contributed by atoms with Gasteiger partial charge in [0.1, 0.15) is 0 Å². The molecule has 1 aliphatic heterocycles. The predicted octanol–water partition coefficient (Wildman–Crippen LogP) is -0.194. The number of hydrogen-bond acceptors (Lipinski definition) is 3. The Balaban J connectivity index is 2.19. The van der Waals surface area contributed by atoms with E-state index in [0.29, 0.717) is 12.6 Å². The highest BCUT2D eigenvalue weighted by molar-refractivity contribution is 5.77. The fourth-order valence-corrected chi connectivity index (χ4v) is 1.61. The highest BCUT2D eigenvalue weighted by atomic mass is 16.2. The van der Waals surface area contributed by atoms with Gasteiger partial charge in [-0.15, -0.1) is 0 Å². The number of nitrogens with zero attached hydrogens (tertiary/aromatic N) is 1. The van der Waals surface area contributed by atoms with Gasteiger partial charge in [-0.2, -0.15) is 0 Å². The molecule has 1 saturated heterocycles. The smallest absolute Gasteiger partial charge is 0.236 e. The first-order valence-electron chi connectivity index (χ1n) is 5.34. The zero-order valence-corrected chi connectivity index (χ0v) is 9.18. The van der Waals surface area contributed by atoms with Crippen LogP contribution in [0, 0.1) is 0 Å². The van der Waals surface area contributed by atoms with Crippen molar-refractivity contribution in [2.24, 2.45) is 0 Å². The van der Waals surface area contributed by atoms with Gasteiger partial charge in [0.25, 0.3) is 0 Å². The molecule has 1 rings (SSSR count). The lowest BCUT2D eigenvalue weighted by molar-refractivity contribution is -0.127. The molecule has 0 spiro atoms. The first kappa shape index (κ1) is 11.5. The van der Waals surface area contributed by atoms with E-state index in [2.05, 4.69) is 10.6 Å². The number of likely N-dealkylation sites (N-methyl/N-ethyl adjacent to an activating group) is 1. The van der Waals surface area contributed by atoms with Crippen molar-refractivity contribution in [1.82, 2.24) is 15.5 Å². The van der Waals surface area contributed by atoms with Gasteiger partial charge >= 0.3 is 0 Å². The number of amides is 1. The summed E-state index contributed by atoms with van der Waals surface area (Å²) in [6.45, 7) is 2.64. The molecule has 1 atom stereocenters. The van der Waals surface area contributed by atoms with Crippen LogP contribution in [0.1, 0.15) is 19.3 Å². The second-order valence-corrected chi connectivity index (χ2v) is 4.05. The van der Waals surface area contributed by atoms with Gasteiger partial charge in [-0.3, -0.25) is 4.79 Å². The van der Waals surface area contributed by atoms with E-state index >= 15 is 0 Å². The summed E-state index contributed by atoms with van der Waals surface area (Å²) in [6, 6.07) is 0.508. The Morgan fingerprint density at radius 2 is 2.21 bits per heavy atom. The van der Waals surface area contributed by atoms with Crippen molar-refractivity contribution in [3.8, 4) is 0 Å². The second-order valence-electron chi connectivity index (χ2n) is 4.05. The average Bonchev–Trinajstić information content (AvgIpc) is 2.42. The summed E-state index contributed by atoms with van der Waals surface area (Å²) in [5.41, 5.74) is 0. The summed E-state index contributed by atoms with van der Waals surface area (Å²) in [6.07, 6.45) is 3.50. The van der Waals surface area contributed by atoms with Crippen LogP contribution in [0.5, 0.6) is 0 Å². The van der Waals surface area contributed by atoms with Crippen LogP contribution in [-0.4, -0.2) is 50.6 Å². The van der Waals surface area contributed by atoms with Gasteiger partial charge in [-0.1, -0.05) is 0 Å². The third kappa shape index (κ3) is 4.07. The molecule has 82 valence electrons. The average molecular weight is 199 g/mol. The van der Waals surface area contributed by atoms with Crippen molar-refractivity contribution >= 4 is 5.91 Å². The number of carbonyl (C=O) groups is 1. The Kier molecular flexibility index (Phi) is 4.90. The summed E-state index contributed by atoms with van der Waals surface area (Å²) in [7, 11) is 3.58. The van der Waals surface area contributed by atoms with Crippen LogP contribution in [0.2, 0.25) is 0 Å². The van der Waals surface area contributed by atoms with Gasteiger partial charge < -0.3 is 15.5 Å². The van der Waals surface area contributed by atoms with Crippen LogP contribution in [-0.2, 0) is 4.79 Å². The molecule has 2 N–H and O–H groups in total. The largest absolute Gasteiger partial charge is 0.348 e. The molecule has 0 bridgehead atoms. The van der Waals surface area contributed by atoms with Crippen molar-refractivity contribution in [3.63, 3.8) is 0 Å². The Bertz CT molecular complexity index is 174. The fourth-order valence-electron chi connectivity index (χ4n) is 1.61. The lowest BCUT2D eigenvalue weighted by Crippen LogP contribution is -2.39. The molecule has 1 aliphatic rings. The molecule has 0 saturated carbocycles. The minimum Gasteiger partial charge on any atom is -0.348 e. The van der Waals surface area contributed by atoms with Gasteiger partial charge in [0.2, 0.25) is 5.91 Å². The number of hydrogen-bond donors (Lipinski definition) is 2. The third-order valence-corrected chi connectivity index (χ3v) is 2.62. The van der Waals surface area contributed by atoms with Gasteiger partial charge in [0.05, 0.1) is 6.54 Å². The van der Waals surface area contributed by atoms with Gasteiger partial charge in [-0.05, 0) is 32.4 Å². The van der Waals surface area contributed by atoms with Gasteiger partial charge in [0, 0.05) is 20.1 Å². The van der Waals surface area contributed by atoms with E-state index in [1.807, 2.05) is 0 Å². The molecule has 4 nitrogen and oxygen atoms in total. The molecule has 1 fully saturated rings. The SMILES string of the molecule is CN(C)C(=O)CNC1CCCNCC1. The molecule has 14 heavy (non-hydrogen) atoms. The Labute approximate surface area is 86.0 Å². The maximum atomic E-state index is 11.3. The van der Waals surface area contributed by atoms with E-state index < -0.39 is 0 Å². The monoisotopic (exact) mass is 199 g/mol. The zero-order chi connectivity index (χ0) is 10.4. The van der Waals surface area contributed by atoms with Crippen LogP contribution in [0.3, 0.4) is 0 Å². The normalized spacial score (nSPS) is 22.9. The molecule has 0 aromatic carbocycles. The van der Waals surface area contributed by atoms with Crippen molar-refractivity contribution < 1.29 is 4.79 Å². The Hall–Kier alpha value is -0.610. The summed E-state index contributed by atoms with van der Waals surface area (Å²) < 4.78 is 0. The maximum Gasteiger partial charge on any atom is 0.236 e.